The lowest BCUT2D eigenvalue weighted by Crippen LogP contribution is -1.94. The highest BCUT2D eigenvalue weighted by Crippen LogP contribution is 2.45. The van der Waals surface area contributed by atoms with Crippen LogP contribution in [0.5, 0.6) is 0 Å². The van der Waals surface area contributed by atoms with Gasteiger partial charge < -0.3 is 15.0 Å². The van der Waals surface area contributed by atoms with Gasteiger partial charge in [0.25, 0.3) is 0 Å². The van der Waals surface area contributed by atoms with Crippen LogP contribution in [0.2, 0.25) is 5.02 Å². The summed E-state index contributed by atoms with van der Waals surface area (Å²) in [4.78, 5) is 14.6. The van der Waals surface area contributed by atoms with Crippen molar-refractivity contribution in [3.63, 3.8) is 0 Å². The van der Waals surface area contributed by atoms with Gasteiger partial charge in [0.2, 0.25) is 0 Å². The fraction of sp³-hybridized carbons (Fsp3) is 0.174. The Balaban J connectivity index is 1.87. The van der Waals surface area contributed by atoms with Gasteiger partial charge in [-0.15, -0.1) is 0 Å². The van der Waals surface area contributed by atoms with E-state index >= 15 is 0 Å². The van der Waals surface area contributed by atoms with Crippen molar-refractivity contribution in [1.29, 1.82) is 0 Å². The van der Waals surface area contributed by atoms with Crippen molar-refractivity contribution in [2.75, 3.05) is 0 Å². The first kappa shape index (κ1) is 17.1. The molecule has 0 saturated carbocycles. The molecule has 0 radical (unpaired) electrons. The second-order valence-electron chi connectivity index (χ2n) is 7.53. The van der Waals surface area contributed by atoms with E-state index in [-0.39, 0.29) is 0 Å². The van der Waals surface area contributed by atoms with Crippen molar-refractivity contribution < 1.29 is 0 Å². The van der Waals surface area contributed by atoms with Crippen LogP contribution in [0.3, 0.4) is 0 Å². The van der Waals surface area contributed by atoms with E-state index in [1.807, 2.05) is 30.7 Å². The molecule has 28 heavy (non-hydrogen) atoms. The molecule has 0 fully saturated rings. The number of hydrogen-bond donors (Lipinski definition) is 3. The Morgan fingerprint density at radius 1 is 0.929 bits per heavy atom. The van der Waals surface area contributed by atoms with Crippen LogP contribution >= 0.6 is 11.6 Å². The van der Waals surface area contributed by atoms with E-state index in [2.05, 4.69) is 58.9 Å². The minimum absolute atomic E-state index is 0.322. The van der Waals surface area contributed by atoms with Crippen LogP contribution in [0.25, 0.3) is 44.3 Å². The number of aromatic nitrogens is 4. The molecule has 3 N–H and O–H groups in total. The van der Waals surface area contributed by atoms with Gasteiger partial charge >= 0.3 is 0 Å². The molecular weight excluding hydrogens is 368 g/mol. The largest absolute Gasteiger partial charge is 0.361 e. The van der Waals surface area contributed by atoms with Gasteiger partial charge in [-0.05, 0) is 48.7 Å². The van der Waals surface area contributed by atoms with Gasteiger partial charge in [0.05, 0.1) is 5.69 Å². The number of hydrogen-bond acceptors (Lipinski definition) is 1. The Bertz CT molecular complexity index is 1320. The molecule has 4 aromatic heterocycles. The van der Waals surface area contributed by atoms with Gasteiger partial charge in [0.1, 0.15) is 5.65 Å². The zero-order valence-electron chi connectivity index (χ0n) is 16.0. The first-order valence-corrected chi connectivity index (χ1v) is 9.85. The van der Waals surface area contributed by atoms with Gasteiger partial charge in [0.15, 0.2) is 0 Å². The van der Waals surface area contributed by atoms with Crippen molar-refractivity contribution in [3.8, 4) is 22.4 Å². The molecule has 0 aliphatic carbocycles. The highest BCUT2D eigenvalue weighted by molar-refractivity contribution is 6.35. The third-order valence-electron chi connectivity index (χ3n) is 5.47. The topological polar surface area (TPSA) is 60.3 Å². The molecule has 4 heterocycles. The first-order valence-electron chi connectivity index (χ1n) is 9.47. The number of nitrogens with zero attached hydrogens (tertiary/aromatic N) is 1. The third kappa shape index (κ3) is 2.41. The Morgan fingerprint density at radius 2 is 1.71 bits per heavy atom. The van der Waals surface area contributed by atoms with Crippen LogP contribution in [0.4, 0.5) is 0 Å². The lowest BCUT2D eigenvalue weighted by Gasteiger charge is -2.14. The summed E-state index contributed by atoms with van der Waals surface area (Å²) >= 11 is 6.73. The molecule has 5 aromatic rings. The number of H-pyrrole nitrogens is 3. The van der Waals surface area contributed by atoms with Gasteiger partial charge in [-0.1, -0.05) is 25.4 Å². The molecular formula is C23H21ClN4. The zero-order chi connectivity index (χ0) is 19.4. The van der Waals surface area contributed by atoms with Gasteiger partial charge in [-0.3, -0.25) is 0 Å². The molecule has 5 rings (SSSR count). The van der Waals surface area contributed by atoms with E-state index < -0.39 is 0 Å². The number of halogens is 1. The van der Waals surface area contributed by atoms with E-state index in [0.717, 1.165) is 49.5 Å². The second-order valence-corrected chi connectivity index (χ2v) is 7.94. The van der Waals surface area contributed by atoms with E-state index in [1.165, 1.54) is 11.1 Å². The minimum atomic E-state index is 0.322. The number of nitrogens with one attached hydrogen (secondary N) is 3. The normalized spacial score (nSPS) is 11.9. The van der Waals surface area contributed by atoms with Crippen LogP contribution in [0.15, 0.2) is 48.9 Å². The molecule has 0 saturated heterocycles. The highest BCUT2D eigenvalue weighted by Gasteiger charge is 2.24. The maximum atomic E-state index is 6.73. The Kier molecular flexibility index (Phi) is 3.84. The van der Waals surface area contributed by atoms with Gasteiger partial charge in [0, 0.05) is 62.3 Å². The van der Waals surface area contributed by atoms with Crippen LogP contribution < -0.4 is 0 Å². The average Bonchev–Trinajstić information content (AvgIpc) is 3.39. The standard InChI is InChI=1S/C23H21ClN4/c1-12(2)19-20(21-16-8-9-25-18(16)5-4-17(21)24)13(3)28-22(19)14-6-10-26-23-15(14)7-11-27-23/h4-12,25,28H,1-3H3,(H,26,27). The first-order chi connectivity index (χ1) is 13.6. The summed E-state index contributed by atoms with van der Waals surface area (Å²) in [6, 6.07) is 10.3. The zero-order valence-corrected chi connectivity index (χ0v) is 16.8. The predicted molar refractivity (Wildman–Crippen MR) is 117 cm³/mol. The lowest BCUT2D eigenvalue weighted by molar-refractivity contribution is 0.873. The summed E-state index contributed by atoms with van der Waals surface area (Å²) in [7, 11) is 0. The molecule has 4 nitrogen and oxygen atoms in total. The number of aryl methyl sites for hydroxylation is 1. The summed E-state index contributed by atoms with van der Waals surface area (Å²) in [6.07, 6.45) is 5.76. The van der Waals surface area contributed by atoms with Crippen molar-refractivity contribution in [3.05, 3.63) is 65.2 Å². The quantitative estimate of drug-likeness (QED) is 0.313. The summed E-state index contributed by atoms with van der Waals surface area (Å²) in [5.41, 5.74) is 8.96. The van der Waals surface area contributed by atoms with Crippen LogP contribution in [-0.4, -0.2) is 19.9 Å². The van der Waals surface area contributed by atoms with Gasteiger partial charge in [-0.2, -0.15) is 0 Å². The SMILES string of the molecule is Cc1[nH]c(-c2ccnc3[nH]ccc23)c(C(C)C)c1-c1c(Cl)ccc2[nH]ccc12. The maximum absolute atomic E-state index is 6.73. The third-order valence-corrected chi connectivity index (χ3v) is 5.78. The number of rotatable bonds is 3. The number of pyridine rings is 1. The lowest BCUT2D eigenvalue weighted by atomic mass is 9.89. The number of fused-ring (bicyclic) bond motifs is 2. The second kappa shape index (κ2) is 6.28. The Morgan fingerprint density at radius 3 is 2.54 bits per heavy atom. The number of benzene rings is 1. The van der Waals surface area contributed by atoms with Crippen molar-refractivity contribution >= 4 is 33.5 Å². The van der Waals surface area contributed by atoms with E-state index in [9.17, 15) is 0 Å². The molecule has 1 aromatic carbocycles. The number of aromatic amines is 3. The average molecular weight is 389 g/mol. The smallest absolute Gasteiger partial charge is 0.137 e. The maximum Gasteiger partial charge on any atom is 0.137 e. The molecule has 5 heteroatoms. The summed E-state index contributed by atoms with van der Waals surface area (Å²) in [6.45, 7) is 6.59. The van der Waals surface area contributed by atoms with Crippen LogP contribution in [-0.2, 0) is 0 Å². The molecule has 0 spiro atoms. The van der Waals surface area contributed by atoms with Crippen LogP contribution in [0.1, 0.15) is 31.0 Å². The Hall–Kier alpha value is -2.98. The molecule has 0 amide bonds. The fourth-order valence-corrected chi connectivity index (χ4v) is 4.56. The van der Waals surface area contributed by atoms with Crippen molar-refractivity contribution in [2.45, 2.75) is 26.7 Å². The Labute approximate surface area is 168 Å². The minimum Gasteiger partial charge on any atom is -0.361 e. The highest BCUT2D eigenvalue weighted by atomic mass is 35.5. The van der Waals surface area contributed by atoms with E-state index in [4.69, 9.17) is 11.6 Å². The molecule has 0 aliphatic rings. The molecule has 0 bridgehead atoms. The van der Waals surface area contributed by atoms with Crippen LogP contribution in [0, 0.1) is 6.92 Å². The monoisotopic (exact) mass is 388 g/mol. The summed E-state index contributed by atoms with van der Waals surface area (Å²) < 4.78 is 0. The molecule has 0 unspecified atom stereocenters. The van der Waals surface area contributed by atoms with Crippen molar-refractivity contribution in [2.24, 2.45) is 0 Å². The predicted octanol–water partition coefficient (Wildman–Crippen LogP) is 6.79. The fourth-order valence-electron chi connectivity index (χ4n) is 4.30. The van der Waals surface area contributed by atoms with E-state index in [0.29, 0.717) is 5.92 Å². The van der Waals surface area contributed by atoms with Crippen molar-refractivity contribution in [1.82, 2.24) is 19.9 Å². The van der Waals surface area contributed by atoms with E-state index in [1.54, 1.807) is 0 Å². The summed E-state index contributed by atoms with van der Waals surface area (Å²) in [5, 5.41) is 3.02. The summed E-state index contributed by atoms with van der Waals surface area (Å²) in [5.74, 6) is 0.322. The molecule has 0 atom stereocenters. The van der Waals surface area contributed by atoms with Gasteiger partial charge in [-0.25, -0.2) is 4.98 Å². The molecule has 0 aliphatic heterocycles. The molecule has 140 valence electrons.